The second-order valence-corrected chi connectivity index (χ2v) is 6.48. The fourth-order valence-corrected chi connectivity index (χ4v) is 2.41. The first-order valence-corrected chi connectivity index (χ1v) is 7.92. The van der Waals surface area contributed by atoms with Gasteiger partial charge in [-0.3, -0.25) is 29.4 Å². The predicted octanol–water partition coefficient (Wildman–Crippen LogP) is 1.06. The zero-order chi connectivity index (χ0) is 20.4. The quantitative estimate of drug-likeness (QED) is 0.315. The van der Waals surface area contributed by atoms with Crippen LogP contribution in [-0.2, 0) is 19.1 Å². The predicted molar refractivity (Wildman–Crippen MR) is 92.0 cm³/mol. The summed E-state index contributed by atoms with van der Waals surface area (Å²) in [6.07, 6.45) is 0. The van der Waals surface area contributed by atoms with Crippen LogP contribution in [0.25, 0.3) is 0 Å². The van der Waals surface area contributed by atoms with Crippen molar-refractivity contribution in [1.29, 1.82) is 0 Å². The Morgan fingerprint density at radius 3 is 2.56 bits per heavy atom. The van der Waals surface area contributed by atoms with Gasteiger partial charge in [-0.2, -0.15) is 0 Å². The molecule has 0 atom stereocenters. The number of imide groups is 1. The van der Waals surface area contributed by atoms with Crippen LogP contribution >= 0.6 is 11.6 Å². The van der Waals surface area contributed by atoms with Gasteiger partial charge in [-0.1, -0.05) is 11.6 Å². The fourth-order valence-electron chi connectivity index (χ4n) is 2.19. The average molecular weight is 399 g/mol. The SMILES string of the molecule is CC1(C)NC(=O)N(CC(=O)OCC(=O)Nc2ccc([N+](=O)[O-])cc2Cl)C1=O. The largest absolute Gasteiger partial charge is 0.454 e. The molecule has 0 bridgehead atoms. The Morgan fingerprint density at radius 1 is 1.37 bits per heavy atom. The lowest BCUT2D eigenvalue weighted by molar-refractivity contribution is -0.384. The molecule has 1 aromatic carbocycles. The molecular weight excluding hydrogens is 384 g/mol. The van der Waals surface area contributed by atoms with E-state index in [0.717, 1.165) is 12.1 Å². The van der Waals surface area contributed by atoms with Gasteiger partial charge in [-0.15, -0.1) is 0 Å². The highest BCUT2D eigenvalue weighted by Gasteiger charge is 2.45. The number of nitro groups is 1. The summed E-state index contributed by atoms with van der Waals surface area (Å²) in [4.78, 5) is 57.9. The van der Waals surface area contributed by atoms with Crippen LogP contribution in [0.2, 0.25) is 5.02 Å². The van der Waals surface area contributed by atoms with Crippen LogP contribution in [0.3, 0.4) is 0 Å². The molecular formula is C15H15ClN4O7. The van der Waals surface area contributed by atoms with E-state index in [-0.39, 0.29) is 16.4 Å². The molecule has 12 heteroatoms. The number of nitro benzene ring substituents is 1. The minimum absolute atomic E-state index is 0.0644. The third-order valence-corrected chi connectivity index (χ3v) is 3.85. The summed E-state index contributed by atoms with van der Waals surface area (Å²) in [5.41, 5.74) is -1.28. The molecule has 0 aromatic heterocycles. The molecule has 1 aliphatic rings. The van der Waals surface area contributed by atoms with E-state index in [1.165, 1.54) is 19.9 Å². The smallest absolute Gasteiger partial charge is 0.326 e. The van der Waals surface area contributed by atoms with Gasteiger partial charge < -0.3 is 15.4 Å². The van der Waals surface area contributed by atoms with Gasteiger partial charge >= 0.3 is 12.0 Å². The van der Waals surface area contributed by atoms with Gasteiger partial charge in [-0.05, 0) is 19.9 Å². The molecule has 1 heterocycles. The van der Waals surface area contributed by atoms with E-state index in [2.05, 4.69) is 10.6 Å². The molecule has 2 rings (SSSR count). The molecule has 0 radical (unpaired) electrons. The minimum Gasteiger partial charge on any atom is -0.454 e. The molecule has 0 saturated carbocycles. The van der Waals surface area contributed by atoms with E-state index in [0.29, 0.717) is 4.90 Å². The van der Waals surface area contributed by atoms with Gasteiger partial charge in [0.25, 0.3) is 17.5 Å². The number of carbonyl (C=O) groups is 4. The van der Waals surface area contributed by atoms with E-state index in [1.807, 2.05) is 0 Å². The van der Waals surface area contributed by atoms with Crippen LogP contribution in [0.15, 0.2) is 18.2 Å². The van der Waals surface area contributed by atoms with Gasteiger partial charge in [0.1, 0.15) is 12.1 Å². The highest BCUT2D eigenvalue weighted by Crippen LogP contribution is 2.26. The standard InChI is InChI=1S/C15H15ClN4O7/c1-15(2)13(23)19(14(24)18-15)6-12(22)27-7-11(21)17-10-4-3-8(20(25)26)5-9(10)16/h3-5H,6-7H2,1-2H3,(H,17,21)(H,18,24). The van der Waals surface area contributed by atoms with Crippen molar-refractivity contribution in [2.24, 2.45) is 0 Å². The molecule has 0 spiro atoms. The third kappa shape index (κ3) is 4.70. The van der Waals surface area contributed by atoms with Crippen LogP contribution in [-0.4, -0.2) is 52.3 Å². The number of esters is 1. The summed E-state index contributed by atoms with van der Waals surface area (Å²) in [7, 11) is 0. The number of amides is 4. The van der Waals surface area contributed by atoms with Crippen molar-refractivity contribution < 1.29 is 28.8 Å². The lowest BCUT2D eigenvalue weighted by Crippen LogP contribution is -2.41. The van der Waals surface area contributed by atoms with Crippen molar-refractivity contribution in [1.82, 2.24) is 10.2 Å². The normalized spacial score (nSPS) is 15.3. The first-order chi connectivity index (χ1) is 12.5. The van der Waals surface area contributed by atoms with Crippen molar-refractivity contribution in [2.75, 3.05) is 18.5 Å². The molecule has 144 valence electrons. The summed E-state index contributed by atoms with van der Waals surface area (Å²) < 4.78 is 4.73. The summed E-state index contributed by atoms with van der Waals surface area (Å²) >= 11 is 5.84. The molecule has 27 heavy (non-hydrogen) atoms. The zero-order valence-electron chi connectivity index (χ0n) is 14.3. The Hall–Kier alpha value is -3.21. The summed E-state index contributed by atoms with van der Waals surface area (Å²) in [6, 6.07) is 2.70. The maximum absolute atomic E-state index is 12.0. The van der Waals surface area contributed by atoms with Gasteiger partial charge in [0.2, 0.25) is 0 Å². The Bertz CT molecular complexity index is 839. The Morgan fingerprint density at radius 2 is 2.04 bits per heavy atom. The molecule has 0 unspecified atom stereocenters. The van der Waals surface area contributed by atoms with Crippen LogP contribution in [0, 0.1) is 10.1 Å². The van der Waals surface area contributed by atoms with Crippen LogP contribution in [0.5, 0.6) is 0 Å². The number of halogens is 1. The number of nitrogens with one attached hydrogen (secondary N) is 2. The van der Waals surface area contributed by atoms with E-state index < -0.39 is 47.4 Å². The summed E-state index contributed by atoms with van der Waals surface area (Å²) in [6.45, 7) is 1.64. The van der Waals surface area contributed by atoms with Crippen LogP contribution in [0.1, 0.15) is 13.8 Å². The molecule has 1 aliphatic heterocycles. The van der Waals surface area contributed by atoms with E-state index in [9.17, 15) is 29.3 Å². The molecule has 0 aliphatic carbocycles. The molecule has 1 aromatic rings. The van der Waals surface area contributed by atoms with Gasteiger partial charge in [-0.25, -0.2) is 4.79 Å². The maximum atomic E-state index is 12.0. The lowest BCUT2D eigenvalue weighted by atomic mass is 10.1. The minimum atomic E-state index is -1.12. The summed E-state index contributed by atoms with van der Waals surface area (Å²) in [5.74, 6) is -2.30. The molecule has 11 nitrogen and oxygen atoms in total. The fraction of sp³-hybridized carbons (Fsp3) is 0.333. The number of nitrogens with zero attached hydrogens (tertiary/aromatic N) is 2. The number of urea groups is 1. The monoisotopic (exact) mass is 398 g/mol. The number of carbonyl (C=O) groups excluding carboxylic acids is 4. The van der Waals surface area contributed by atoms with Gasteiger partial charge in [0.05, 0.1) is 15.6 Å². The van der Waals surface area contributed by atoms with Crippen molar-refractivity contribution in [3.05, 3.63) is 33.3 Å². The topological polar surface area (TPSA) is 148 Å². The molecule has 4 amide bonds. The summed E-state index contributed by atoms with van der Waals surface area (Å²) in [5, 5.41) is 15.3. The van der Waals surface area contributed by atoms with Crippen LogP contribution in [0.4, 0.5) is 16.2 Å². The van der Waals surface area contributed by atoms with Gasteiger partial charge in [0, 0.05) is 12.1 Å². The first kappa shape index (κ1) is 20.1. The maximum Gasteiger partial charge on any atom is 0.326 e. The third-order valence-electron chi connectivity index (χ3n) is 3.53. The van der Waals surface area contributed by atoms with Crippen molar-refractivity contribution in [3.8, 4) is 0 Å². The first-order valence-electron chi connectivity index (χ1n) is 7.55. The molecule has 1 saturated heterocycles. The van der Waals surface area contributed by atoms with E-state index in [1.54, 1.807) is 0 Å². The Labute approximate surface area is 157 Å². The highest BCUT2D eigenvalue weighted by atomic mass is 35.5. The second kappa shape index (κ2) is 7.58. The molecule has 2 N–H and O–H groups in total. The number of hydrogen-bond acceptors (Lipinski definition) is 7. The number of rotatable bonds is 6. The van der Waals surface area contributed by atoms with E-state index >= 15 is 0 Å². The number of benzene rings is 1. The van der Waals surface area contributed by atoms with Crippen LogP contribution < -0.4 is 10.6 Å². The van der Waals surface area contributed by atoms with Crippen molar-refractivity contribution >= 4 is 46.8 Å². The Balaban J connectivity index is 1.87. The average Bonchev–Trinajstić information content (AvgIpc) is 2.76. The number of anilines is 1. The molecule has 1 fully saturated rings. The number of hydrogen-bond donors (Lipinski definition) is 2. The second-order valence-electron chi connectivity index (χ2n) is 6.08. The lowest BCUT2D eigenvalue weighted by Gasteiger charge is -2.15. The Kier molecular flexibility index (Phi) is 5.64. The van der Waals surface area contributed by atoms with Crippen molar-refractivity contribution in [2.45, 2.75) is 19.4 Å². The number of non-ortho nitro benzene ring substituents is 1. The number of ether oxygens (including phenoxy) is 1. The van der Waals surface area contributed by atoms with Gasteiger partial charge in [0.15, 0.2) is 6.61 Å². The van der Waals surface area contributed by atoms with E-state index in [4.69, 9.17) is 16.3 Å². The zero-order valence-corrected chi connectivity index (χ0v) is 15.0. The highest BCUT2D eigenvalue weighted by molar-refractivity contribution is 6.34. The van der Waals surface area contributed by atoms with Crippen molar-refractivity contribution in [3.63, 3.8) is 0 Å².